The summed E-state index contributed by atoms with van der Waals surface area (Å²) < 4.78 is 26.9. The lowest BCUT2D eigenvalue weighted by Crippen LogP contribution is -2.32. The second-order valence-corrected chi connectivity index (χ2v) is 3.39. The van der Waals surface area contributed by atoms with Crippen LogP contribution in [0, 0.1) is 0 Å². The quantitative estimate of drug-likeness (QED) is 0.732. The molecular formula is C11H13F2NO2. The van der Waals surface area contributed by atoms with Crippen molar-refractivity contribution in [2.75, 3.05) is 13.1 Å². The van der Waals surface area contributed by atoms with Gasteiger partial charge in [-0.15, -0.1) is 0 Å². The Hall–Kier alpha value is -1.49. The topological polar surface area (TPSA) is 49.3 Å². The van der Waals surface area contributed by atoms with Gasteiger partial charge in [-0.2, -0.15) is 8.78 Å². The van der Waals surface area contributed by atoms with E-state index in [2.05, 4.69) is 5.32 Å². The van der Waals surface area contributed by atoms with Crippen LogP contribution in [-0.2, 0) is 10.7 Å². The average molecular weight is 229 g/mol. The summed E-state index contributed by atoms with van der Waals surface area (Å²) in [5.74, 6) is -3.98. The number of carboxylic acid groups (broad SMARTS) is 1. The van der Waals surface area contributed by atoms with Gasteiger partial charge in [0.05, 0.1) is 13.0 Å². The third-order valence-electron chi connectivity index (χ3n) is 2.06. The molecule has 0 unspecified atom stereocenters. The standard InChI is InChI=1S/C11H13F2NO2/c12-11(13,8-14-7-6-10(15)16)9-4-2-1-3-5-9/h1-5,14H,6-8H2,(H,15,16). The van der Waals surface area contributed by atoms with Crippen molar-refractivity contribution < 1.29 is 18.7 Å². The van der Waals surface area contributed by atoms with E-state index in [4.69, 9.17) is 5.11 Å². The highest BCUT2D eigenvalue weighted by molar-refractivity contribution is 5.66. The highest BCUT2D eigenvalue weighted by Gasteiger charge is 2.30. The van der Waals surface area contributed by atoms with Crippen LogP contribution in [0.2, 0.25) is 0 Å². The Bertz CT molecular complexity index is 341. The number of halogens is 2. The Morgan fingerprint density at radius 1 is 1.31 bits per heavy atom. The highest BCUT2D eigenvalue weighted by Crippen LogP contribution is 2.26. The fraction of sp³-hybridized carbons (Fsp3) is 0.364. The molecule has 0 fully saturated rings. The summed E-state index contributed by atoms with van der Waals surface area (Å²) in [6.07, 6.45) is -0.162. The summed E-state index contributed by atoms with van der Waals surface area (Å²) in [4.78, 5) is 10.2. The van der Waals surface area contributed by atoms with Crippen LogP contribution in [-0.4, -0.2) is 24.2 Å². The van der Waals surface area contributed by atoms with Gasteiger partial charge in [0.2, 0.25) is 0 Å². The lowest BCUT2D eigenvalue weighted by Gasteiger charge is -2.16. The largest absolute Gasteiger partial charge is 0.481 e. The first kappa shape index (κ1) is 12.6. The van der Waals surface area contributed by atoms with E-state index in [1.807, 2.05) is 0 Å². The molecule has 0 aromatic heterocycles. The molecular weight excluding hydrogens is 216 g/mol. The molecule has 2 N–H and O–H groups in total. The van der Waals surface area contributed by atoms with Gasteiger partial charge in [-0.05, 0) is 0 Å². The number of benzene rings is 1. The van der Waals surface area contributed by atoms with Gasteiger partial charge in [-0.3, -0.25) is 4.79 Å². The van der Waals surface area contributed by atoms with Gasteiger partial charge in [0, 0.05) is 12.1 Å². The van der Waals surface area contributed by atoms with Crippen molar-refractivity contribution in [1.82, 2.24) is 5.32 Å². The average Bonchev–Trinajstić information content (AvgIpc) is 2.26. The van der Waals surface area contributed by atoms with Gasteiger partial charge in [0.25, 0.3) is 5.92 Å². The zero-order valence-corrected chi connectivity index (χ0v) is 8.62. The van der Waals surface area contributed by atoms with Crippen LogP contribution in [0.3, 0.4) is 0 Å². The molecule has 0 bridgehead atoms. The molecule has 88 valence electrons. The normalized spacial score (nSPS) is 11.4. The second kappa shape index (κ2) is 5.55. The lowest BCUT2D eigenvalue weighted by atomic mass is 10.1. The molecule has 16 heavy (non-hydrogen) atoms. The first-order valence-electron chi connectivity index (χ1n) is 4.88. The zero-order valence-electron chi connectivity index (χ0n) is 8.62. The Morgan fingerprint density at radius 2 is 1.94 bits per heavy atom. The number of aliphatic carboxylic acids is 1. The van der Waals surface area contributed by atoms with Crippen molar-refractivity contribution in [3.63, 3.8) is 0 Å². The van der Waals surface area contributed by atoms with Gasteiger partial charge in [-0.25, -0.2) is 0 Å². The highest BCUT2D eigenvalue weighted by atomic mass is 19.3. The summed E-state index contributed by atoms with van der Waals surface area (Å²) in [7, 11) is 0. The molecule has 5 heteroatoms. The van der Waals surface area contributed by atoms with E-state index in [1.54, 1.807) is 18.2 Å². The van der Waals surface area contributed by atoms with Crippen molar-refractivity contribution in [3.8, 4) is 0 Å². The minimum absolute atomic E-state index is 0.0394. The molecule has 1 aromatic carbocycles. The maximum atomic E-state index is 13.5. The summed E-state index contributed by atoms with van der Waals surface area (Å²) in [6.45, 7) is -0.512. The van der Waals surface area contributed by atoms with Gasteiger partial charge < -0.3 is 10.4 Å². The van der Waals surface area contributed by atoms with E-state index in [0.29, 0.717) is 0 Å². The fourth-order valence-corrected chi connectivity index (χ4v) is 1.22. The maximum Gasteiger partial charge on any atom is 0.304 e. The molecule has 0 amide bonds. The SMILES string of the molecule is O=C(O)CCNCC(F)(F)c1ccccc1. The van der Waals surface area contributed by atoms with Crippen LogP contribution in [0.5, 0.6) is 0 Å². The molecule has 0 aliphatic heterocycles. The molecule has 0 saturated carbocycles. The number of nitrogens with one attached hydrogen (secondary N) is 1. The Labute approximate surface area is 92.1 Å². The molecule has 0 saturated heterocycles. The summed E-state index contributed by atoms with van der Waals surface area (Å²) in [5.41, 5.74) is -0.0715. The van der Waals surface area contributed by atoms with Crippen molar-refractivity contribution in [3.05, 3.63) is 35.9 Å². The molecule has 0 radical (unpaired) electrons. The number of hydrogen-bond donors (Lipinski definition) is 2. The third-order valence-corrected chi connectivity index (χ3v) is 2.06. The van der Waals surface area contributed by atoms with Crippen molar-refractivity contribution in [1.29, 1.82) is 0 Å². The Balaban J connectivity index is 2.43. The van der Waals surface area contributed by atoms with Crippen molar-refractivity contribution in [2.24, 2.45) is 0 Å². The minimum atomic E-state index is -2.97. The smallest absolute Gasteiger partial charge is 0.304 e. The minimum Gasteiger partial charge on any atom is -0.481 e. The molecule has 0 spiro atoms. The van der Waals surface area contributed by atoms with Crippen LogP contribution >= 0.6 is 0 Å². The number of hydrogen-bond acceptors (Lipinski definition) is 2. The van der Waals surface area contributed by atoms with Crippen LogP contribution in [0.15, 0.2) is 30.3 Å². The summed E-state index contributed by atoms with van der Waals surface area (Å²) in [5, 5.41) is 10.8. The lowest BCUT2D eigenvalue weighted by molar-refractivity contribution is -0.137. The van der Waals surface area contributed by atoms with E-state index in [9.17, 15) is 13.6 Å². The number of carbonyl (C=O) groups is 1. The third kappa shape index (κ3) is 3.94. The van der Waals surface area contributed by atoms with Gasteiger partial charge in [0.1, 0.15) is 0 Å². The first-order chi connectivity index (χ1) is 7.52. The molecule has 0 aliphatic carbocycles. The maximum absolute atomic E-state index is 13.5. The number of rotatable bonds is 6. The predicted molar refractivity (Wildman–Crippen MR) is 55.5 cm³/mol. The first-order valence-corrected chi connectivity index (χ1v) is 4.88. The van der Waals surface area contributed by atoms with Crippen LogP contribution in [0.1, 0.15) is 12.0 Å². The van der Waals surface area contributed by atoms with Crippen LogP contribution in [0.25, 0.3) is 0 Å². The molecule has 0 atom stereocenters. The van der Waals surface area contributed by atoms with Gasteiger partial charge in [0.15, 0.2) is 0 Å². The number of carboxylic acids is 1. The summed E-state index contributed by atoms with van der Waals surface area (Å²) >= 11 is 0. The molecule has 1 rings (SSSR count). The zero-order chi connectivity index (χ0) is 12.0. The molecule has 3 nitrogen and oxygen atoms in total. The molecule has 0 aliphatic rings. The van der Waals surface area contributed by atoms with Crippen molar-refractivity contribution >= 4 is 5.97 Å². The fourth-order valence-electron chi connectivity index (χ4n) is 1.22. The van der Waals surface area contributed by atoms with E-state index < -0.39 is 18.4 Å². The second-order valence-electron chi connectivity index (χ2n) is 3.39. The van der Waals surface area contributed by atoms with Crippen molar-refractivity contribution in [2.45, 2.75) is 12.3 Å². The van der Waals surface area contributed by atoms with E-state index in [0.717, 1.165) is 0 Å². The molecule has 0 heterocycles. The predicted octanol–water partition coefficient (Wildman–Crippen LogP) is 1.84. The van der Waals surface area contributed by atoms with E-state index in [1.165, 1.54) is 12.1 Å². The van der Waals surface area contributed by atoms with E-state index in [-0.39, 0.29) is 18.5 Å². The van der Waals surface area contributed by atoms with Gasteiger partial charge >= 0.3 is 5.97 Å². The number of alkyl halides is 2. The van der Waals surface area contributed by atoms with Crippen LogP contribution < -0.4 is 5.32 Å². The van der Waals surface area contributed by atoms with Crippen LogP contribution in [0.4, 0.5) is 8.78 Å². The van der Waals surface area contributed by atoms with E-state index >= 15 is 0 Å². The molecule has 1 aromatic rings. The Morgan fingerprint density at radius 3 is 2.50 bits per heavy atom. The summed E-state index contributed by atoms with van der Waals surface area (Å²) in [6, 6.07) is 7.44. The Kier molecular flexibility index (Phi) is 4.37. The van der Waals surface area contributed by atoms with Gasteiger partial charge in [-0.1, -0.05) is 30.3 Å². The monoisotopic (exact) mass is 229 g/mol.